The topological polar surface area (TPSA) is 41.1 Å². The molecule has 1 saturated heterocycles. The van der Waals surface area contributed by atoms with E-state index in [9.17, 15) is 4.79 Å². The maximum atomic E-state index is 12.2. The standard InChI is InChI=1S/C15H21ClN2O/c1-11(9-12-3-5-13(16)6-4-12)18-14(19)15(2)7-8-17-10-15/h3-6,11,17H,7-10H2,1-2H3,(H,18,19). The van der Waals surface area contributed by atoms with Crippen LogP contribution in [0, 0.1) is 5.41 Å². The molecule has 0 radical (unpaired) electrons. The van der Waals surface area contributed by atoms with Crippen molar-refractivity contribution in [3.63, 3.8) is 0 Å². The smallest absolute Gasteiger partial charge is 0.227 e. The summed E-state index contributed by atoms with van der Waals surface area (Å²) >= 11 is 5.86. The average molecular weight is 281 g/mol. The van der Waals surface area contributed by atoms with Gasteiger partial charge in [0.05, 0.1) is 5.41 Å². The van der Waals surface area contributed by atoms with Gasteiger partial charge in [0.15, 0.2) is 0 Å². The lowest BCUT2D eigenvalue weighted by Crippen LogP contribution is -2.44. The van der Waals surface area contributed by atoms with Gasteiger partial charge in [-0.15, -0.1) is 0 Å². The van der Waals surface area contributed by atoms with E-state index in [0.717, 1.165) is 31.0 Å². The third kappa shape index (κ3) is 3.71. The van der Waals surface area contributed by atoms with Crippen LogP contribution >= 0.6 is 11.6 Å². The van der Waals surface area contributed by atoms with E-state index in [1.54, 1.807) is 0 Å². The number of carbonyl (C=O) groups is 1. The maximum Gasteiger partial charge on any atom is 0.227 e. The number of benzene rings is 1. The lowest BCUT2D eigenvalue weighted by molar-refractivity contribution is -0.129. The fraction of sp³-hybridized carbons (Fsp3) is 0.533. The van der Waals surface area contributed by atoms with E-state index in [4.69, 9.17) is 11.6 Å². The van der Waals surface area contributed by atoms with Gasteiger partial charge in [-0.2, -0.15) is 0 Å². The second-order valence-electron chi connectivity index (χ2n) is 5.69. The third-order valence-corrected chi connectivity index (χ3v) is 4.00. The second-order valence-corrected chi connectivity index (χ2v) is 6.13. The predicted octanol–water partition coefficient (Wildman–Crippen LogP) is 2.39. The van der Waals surface area contributed by atoms with Crippen LogP contribution in [0.2, 0.25) is 5.02 Å². The molecule has 0 aliphatic carbocycles. The summed E-state index contributed by atoms with van der Waals surface area (Å²) in [5, 5.41) is 7.10. The molecule has 2 atom stereocenters. The van der Waals surface area contributed by atoms with E-state index >= 15 is 0 Å². The Balaban J connectivity index is 1.88. The van der Waals surface area contributed by atoms with Gasteiger partial charge in [0.25, 0.3) is 0 Å². The molecule has 4 heteroatoms. The zero-order valence-corrected chi connectivity index (χ0v) is 12.3. The Morgan fingerprint density at radius 3 is 2.74 bits per heavy atom. The van der Waals surface area contributed by atoms with E-state index in [1.165, 1.54) is 5.56 Å². The molecule has 0 saturated carbocycles. The molecule has 1 aliphatic heterocycles. The first-order chi connectivity index (χ1) is 8.99. The molecule has 0 aromatic heterocycles. The number of hydrogen-bond acceptors (Lipinski definition) is 2. The van der Waals surface area contributed by atoms with Gasteiger partial charge in [0.2, 0.25) is 5.91 Å². The van der Waals surface area contributed by atoms with Gasteiger partial charge in [-0.25, -0.2) is 0 Å². The highest BCUT2D eigenvalue weighted by atomic mass is 35.5. The Bertz CT molecular complexity index is 438. The van der Waals surface area contributed by atoms with Crippen LogP contribution in [0.5, 0.6) is 0 Å². The summed E-state index contributed by atoms with van der Waals surface area (Å²) in [6.07, 6.45) is 1.74. The molecule has 0 spiro atoms. The van der Waals surface area contributed by atoms with E-state index in [-0.39, 0.29) is 17.4 Å². The van der Waals surface area contributed by atoms with Gasteiger partial charge in [0, 0.05) is 17.6 Å². The van der Waals surface area contributed by atoms with Crippen LogP contribution in [0.3, 0.4) is 0 Å². The zero-order chi connectivity index (χ0) is 13.9. The van der Waals surface area contributed by atoms with Crippen LogP contribution < -0.4 is 10.6 Å². The highest BCUT2D eigenvalue weighted by molar-refractivity contribution is 6.30. The maximum absolute atomic E-state index is 12.2. The highest BCUT2D eigenvalue weighted by Gasteiger charge is 2.36. The summed E-state index contributed by atoms with van der Waals surface area (Å²) in [6.45, 7) is 5.76. The fourth-order valence-electron chi connectivity index (χ4n) is 2.43. The first-order valence-electron chi connectivity index (χ1n) is 6.76. The van der Waals surface area contributed by atoms with Crippen LogP contribution in [0.1, 0.15) is 25.8 Å². The molecule has 1 aliphatic rings. The highest BCUT2D eigenvalue weighted by Crippen LogP contribution is 2.24. The Morgan fingerprint density at radius 1 is 1.47 bits per heavy atom. The second kappa shape index (κ2) is 5.93. The molecule has 2 N–H and O–H groups in total. The molecule has 1 aromatic carbocycles. The number of rotatable bonds is 4. The molecule has 1 heterocycles. The Morgan fingerprint density at radius 2 is 2.16 bits per heavy atom. The van der Waals surface area contributed by atoms with Gasteiger partial charge in [-0.05, 0) is 50.9 Å². The van der Waals surface area contributed by atoms with E-state index < -0.39 is 0 Å². The number of halogens is 1. The summed E-state index contributed by atoms with van der Waals surface area (Å²) in [5.74, 6) is 0.152. The van der Waals surface area contributed by atoms with Gasteiger partial charge in [0.1, 0.15) is 0 Å². The van der Waals surface area contributed by atoms with Gasteiger partial charge in [-0.1, -0.05) is 23.7 Å². The normalized spacial score (nSPS) is 24.2. The summed E-state index contributed by atoms with van der Waals surface area (Å²) in [5.41, 5.74) is 0.931. The Hall–Kier alpha value is -1.06. The molecule has 3 nitrogen and oxygen atoms in total. The summed E-state index contributed by atoms with van der Waals surface area (Å²) in [4.78, 5) is 12.2. The molecule has 1 aromatic rings. The van der Waals surface area contributed by atoms with Crippen LogP contribution in [-0.4, -0.2) is 25.0 Å². The van der Waals surface area contributed by atoms with Crippen molar-refractivity contribution in [2.45, 2.75) is 32.7 Å². The monoisotopic (exact) mass is 280 g/mol. The molecular formula is C15H21ClN2O. The van der Waals surface area contributed by atoms with Crippen molar-refractivity contribution in [3.05, 3.63) is 34.9 Å². The minimum absolute atomic E-state index is 0.131. The van der Waals surface area contributed by atoms with Crippen molar-refractivity contribution < 1.29 is 4.79 Å². The van der Waals surface area contributed by atoms with Crippen LogP contribution in [0.15, 0.2) is 24.3 Å². The van der Waals surface area contributed by atoms with Gasteiger partial charge < -0.3 is 10.6 Å². The molecule has 0 bridgehead atoms. The van der Waals surface area contributed by atoms with Crippen molar-refractivity contribution in [2.75, 3.05) is 13.1 Å². The molecule has 2 unspecified atom stereocenters. The number of carbonyl (C=O) groups excluding carboxylic acids is 1. The van der Waals surface area contributed by atoms with Crippen LogP contribution in [0.4, 0.5) is 0 Å². The molecule has 1 fully saturated rings. The number of nitrogens with one attached hydrogen (secondary N) is 2. The quantitative estimate of drug-likeness (QED) is 0.889. The molecule has 2 rings (SSSR count). The summed E-state index contributed by atoms with van der Waals surface area (Å²) in [7, 11) is 0. The van der Waals surface area contributed by atoms with Crippen molar-refractivity contribution in [3.8, 4) is 0 Å². The largest absolute Gasteiger partial charge is 0.353 e. The fourth-order valence-corrected chi connectivity index (χ4v) is 2.56. The molecule has 1 amide bonds. The van der Waals surface area contributed by atoms with E-state index in [2.05, 4.69) is 10.6 Å². The van der Waals surface area contributed by atoms with E-state index in [1.807, 2.05) is 38.1 Å². The SMILES string of the molecule is CC(Cc1ccc(Cl)cc1)NC(=O)C1(C)CCNC1. The van der Waals surface area contributed by atoms with Crippen LogP contribution in [0.25, 0.3) is 0 Å². The number of hydrogen-bond donors (Lipinski definition) is 2. The molecule has 19 heavy (non-hydrogen) atoms. The Kier molecular flexibility index (Phi) is 4.48. The predicted molar refractivity (Wildman–Crippen MR) is 78.4 cm³/mol. The zero-order valence-electron chi connectivity index (χ0n) is 11.5. The van der Waals surface area contributed by atoms with Crippen molar-refractivity contribution in [1.82, 2.24) is 10.6 Å². The first-order valence-corrected chi connectivity index (χ1v) is 7.13. The van der Waals surface area contributed by atoms with Crippen molar-refractivity contribution >= 4 is 17.5 Å². The van der Waals surface area contributed by atoms with Gasteiger partial charge in [-0.3, -0.25) is 4.79 Å². The molecular weight excluding hydrogens is 260 g/mol. The third-order valence-electron chi connectivity index (χ3n) is 3.75. The summed E-state index contributed by atoms with van der Waals surface area (Å²) < 4.78 is 0. The van der Waals surface area contributed by atoms with E-state index in [0.29, 0.717) is 0 Å². The minimum atomic E-state index is -0.256. The lowest BCUT2D eigenvalue weighted by Gasteiger charge is -2.24. The van der Waals surface area contributed by atoms with Gasteiger partial charge >= 0.3 is 0 Å². The summed E-state index contributed by atoms with van der Waals surface area (Å²) in [6, 6.07) is 7.90. The van der Waals surface area contributed by atoms with Crippen LogP contribution in [-0.2, 0) is 11.2 Å². The minimum Gasteiger partial charge on any atom is -0.353 e. The van der Waals surface area contributed by atoms with Crippen molar-refractivity contribution in [2.24, 2.45) is 5.41 Å². The molecule has 104 valence electrons. The number of amides is 1. The lowest BCUT2D eigenvalue weighted by atomic mass is 9.88. The average Bonchev–Trinajstić information content (AvgIpc) is 2.80. The Labute approximate surface area is 119 Å². The van der Waals surface area contributed by atoms with Crippen molar-refractivity contribution in [1.29, 1.82) is 0 Å². The first kappa shape index (κ1) is 14.4.